The molecule has 1 amide bonds. The highest BCUT2D eigenvalue weighted by Crippen LogP contribution is 2.36. The van der Waals surface area contributed by atoms with E-state index in [9.17, 15) is 4.79 Å². The smallest absolute Gasteiger partial charge is 0.276 e. The number of carbonyl (C=O) groups excluding carboxylic acids is 1. The molecule has 1 aromatic carbocycles. The minimum atomic E-state index is 0.00677. The molecule has 2 aliphatic rings. The summed E-state index contributed by atoms with van der Waals surface area (Å²) in [7, 11) is 0. The summed E-state index contributed by atoms with van der Waals surface area (Å²) in [4.78, 5) is 15.3. The van der Waals surface area contributed by atoms with Gasteiger partial charge in [-0.15, -0.1) is 5.10 Å². The molecule has 1 N–H and O–H groups in total. The van der Waals surface area contributed by atoms with Crippen molar-refractivity contribution in [2.45, 2.75) is 51.6 Å². The van der Waals surface area contributed by atoms with E-state index in [4.69, 9.17) is 0 Å². The maximum atomic E-state index is 13.3. The van der Waals surface area contributed by atoms with Crippen LogP contribution < -0.4 is 5.32 Å². The summed E-state index contributed by atoms with van der Waals surface area (Å²) < 4.78 is 1.89. The molecule has 6 nitrogen and oxygen atoms in total. The second-order valence-corrected chi connectivity index (χ2v) is 8.04. The summed E-state index contributed by atoms with van der Waals surface area (Å²) in [6, 6.07) is 9.03. The number of hydrogen-bond acceptors (Lipinski definition) is 4. The van der Waals surface area contributed by atoms with Crippen LogP contribution in [0.25, 0.3) is 0 Å². The van der Waals surface area contributed by atoms with Crippen molar-refractivity contribution in [3.05, 3.63) is 47.3 Å². The first-order valence-electron chi connectivity index (χ1n) is 10.1. The number of hydrogen-bond donors (Lipinski definition) is 1. The molecule has 2 atom stereocenters. The SMILES string of the molecule is Cc1ccc(C2C(C)CCCN2C(=O)c2cn(C3CCNCC3)nn2)cc1. The second kappa shape index (κ2) is 7.80. The topological polar surface area (TPSA) is 63.1 Å². The van der Waals surface area contributed by atoms with E-state index < -0.39 is 0 Å². The van der Waals surface area contributed by atoms with E-state index in [1.54, 1.807) is 0 Å². The molecule has 0 bridgehead atoms. The third-order valence-electron chi connectivity index (χ3n) is 6.03. The number of aromatic nitrogens is 3. The van der Waals surface area contributed by atoms with Crippen molar-refractivity contribution in [3.63, 3.8) is 0 Å². The normalized spacial score (nSPS) is 24.1. The van der Waals surface area contributed by atoms with Gasteiger partial charge in [-0.3, -0.25) is 4.79 Å². The van der Waals surface area contributed by atoms with Crippen LogP contribution in [-0.4, -0.2) is 45.4 Å². The lowest BCUT2D eigenvalue weighted by Crippen LogP contribution is -2.42. The van der Waals surface area contributed by atoms with Gasteiger partial charge in [0.2, 0.25) is 0 Å². The first kappa shape index (κ1) is 18.2. The Morgan fingerprint density at radius 1 is 1.15 bits per heavy atom. The number of nitrogens with one attached hydrogen (secondary N) is 1. The lowest BCUT2D eigenvalue weighted by Gasteiger charge is -2.40. The molecular weight excluding hydrogens is 338 g/mol. The number of nitrogens with zero attached hydrogens (tertiary/aromatic N) is 4. The molecule has 2 aliphatic heterocycles. The van der Waals surface area contributed by atoms with E-state index in [0.29, 0.717) is 17.7 Å². The molecule has 0 saturated carbocycles. The molecule has 0 aliphatic carbocycles. The van der Waals surface area contributed by atoms with Gasteiger partial charge in [0.25, 0.3) is 5.91 Å². The Labute approximate surface area is 160 Å². The molecule has 27 heavy (non-hydrogen) atoms. The fourth-order valence-corrected chi connectivity index (χ4v) is 4.46. The van der Waals surface area contributed by atoms with Crippen LogP contribution in [0.2, 0.25) is 0 Å². The van der Waals surface area contributed by atoms with Gasteiger partial charge in [0.15, 0.2) is 5.69 Å². The van der Waals surface area contributed by atoms with Gasteiger partial charge in [-0.25, -0.2) is 4.68 Å². The first-order chi connectivity index (χ1) is 13.1. The van der Waals surface area contributed by atoms with Gasteiger partial charge in [-0.1, -0.05) is 42.0 Å². The van der Waals surface area contributed by atoms with E-state index in [1.165, 1.54) is 11.1 Å². The van der Waals surface area contributed by atoms with Crippen LogP contribution in [0.1, 0.15) is 66.3 Å². The number of likely N-dealkylation sites (tertiary alicyclic amines) is 1. The Hall–Kier alpha value is -2.21. The van der Waals surface area contributed by atoms with Crippen LogP contribution in [-0.2, 0) is 0 Å². The van der Waals surface area contributed by atoms with Crippen molar-refractivity contribution in [3.8, 4) is 0 Å². The summed E-state index contributed by atoms with van der Waals surface area (Å²) in [5, 5.41) is 11.9. The molecule has 3 heterocycles. The van der Waals surface area contributed by atoms with Crippen molar-refractivity contribution in [1.29, 1.82) is 0 Å². The molecule has 0 radical (unpaired) electrons. The van der Waals surface area contributed by atoms with Crippen LogP contribution in [0.4, 0.5) is 0 Å². The summed E-state index contributed by atoms with van der Waals surface area (Å²) in [6.45, 7) is 7.10. The minimum absolute atomic E-state index is 0.00677. The number of carbonyl (C=O) groups is 1. The van der Waals surface area contributed by atoms with Gasteiger partial charge in [0, 0.05) is 6.54 Å². The quantitative estimate of drug-likeness (QED) is 0.905. The van der Waals surface area contributed by atoms with E-state index in [0.717, 1.165) is 45.3 Å². The number of benzene rings is 1. The van der Waals surface area contributed by atoms with Crippen LogP contribution in [0.5, 0.6) is 0 Å². The summed E-state index contributed by atoms with van der Waals surface area (Å²) in [5.74, 6) is 0.442. The Bertz CT molecular complexity index is 778. The number of piperidine rings is 2. The van der Waals surface area contributed by atoms with Gasteiger partial charge < -0.3 is 10.2 Å². The molecule has 2 fully saturated rings. The maximum absolute atomic E-state index is 13.3. The van der Waals surface area contributed by atoms with E-state index >= 15 is 0 Å². The number of rotatable bonds is 3. The highest BCUT2D eigenvalue weighted by molar-refractivity contribution is 5.92. The number of aryl methyl sites for hydroxylation is 1. The summed E-state index contributed by atoms with van der Waals surface area (Å²) in [6.07, 6.45) is 6.10. The average molecular weight is 367 g/mol. The molecule has 144 valence electrons. The van der Waals surface area contributed by atoms with Crippen LogP contribution in [0.3, 0.4) is 0 Å². The molecule has 1 aromatic heterocycles. The molecule has 0 spiro atoms. The fourth-order valence-electron chi connectivity index (χ4n) is 4.46. The van der Waals surface area contributed by atoms with Gasteiger partial charge in [0.1, 0.15) is 0 Å². The van der Waals surface area contributed by atoms with E-state index in [1.807, 2.05) is 15.8 Å². The largest absolute Gasteiger partial charge is 0.330 e. The third kappa shape index (κ3) is 3.76. The third-order valence-corrected chi connectivity index (χ3v) is 6.03. The molecule has 2 saturated heterocycles. The maximum Gasteiger partial charge on any atom is 0.276 e. The zero-order valence-corrected chi connectivity index (χ0v) is 16.3. The van der Waals surface area contributed by atoms with Crippen molar-refractivity contribution in [1.82, 2.24) is 25.2 Å². The lowest BCUT2D eigenvalue weighted by atomic mass is 9.85. The standard InChI is InChI=1S/C21H29N5O/c1-15-5-7-17(8-6-15)20-16(2)4-3-13-25(20)21(27)19-14-26(24-23-19)18-9-11-22-12-10-18/h5-8,14,16,18,20,22H,3-4,9-13H2,1-2H3. The fraction of sp³-hybridized carbons (Fsp3) is 0.571. The Morgan fingerprint density at radius 2 is 1.89 bits per heavy atom. The molecule has 6 heteroatoms. The zero-order valence-electron chi connectivity index (χ0n) is 16.3. The second-order valence-electron chi connectivity index (χ2n) is 8.04. The van der Waals surface area contributed by atoms with Crippen molar-refractivity contribution in [2.75, 3.05) is 19.6 Å². The first-order valence-corrected chi connectivity index (χ1v) is 10.1. The highest BCUT2D eigenvalue weighted by atomic mass is 16.2. The van der Waals surface area contributed by atoms with E-state index in [-0.39, 0.29) is 11.9 Å². The zero-order chi connectivity index (χ0) is 18.8. The molecule has 2 aromatic rings. The lowest BCUT2D eigenvalue weighted by molar-refractivity contribution is 0.0507. The van der Waals surface area contributed by atoms with Crippen molar-refractivity contribution < 1.29 is 4.79 Å². The minimum Gasteiger partial charge on any atom is -0.330 e. The van der Waals surface area contributed by atoms with Gasteiger partial charge in [-0.2, -0.15) is 0 Å². The highest BCUT2D eigenvalue weighted by Gasteiger charge is 2.34. The summed E-state index contributed by atoms with van der Waals surface area (Å²) in [5.41, 5.74) is 2.93. The Kier molecular flexibility index (Phi) is 5.25. The van der Waals surface area contributed by atoms with E-state index in [2.05, 4.69) is 53.7 Å². The van der Waals surface area contributed by atoms with Gasteiger partial charge >= 0.3 is 0 Å². The van der Waals surface area contributed by atoms with Gasteiger partial charge in [0.05, 0.1) is 18.3 Å². The van der Waals surface area contributed by atoms with Crippen LogP contribution in [0.15, 0.2) is 30.5 Å². The molecule has 2 unspecified atom stereocenters. The molecule has 4 rings (SSSR count). The predicted molar refractivity (Wildman–Crippen MR) is 105 cm³/mol. The Balaban J connectivity index is 1.57. The predicted octanol–water partition coefficient (Wildman–Crippen LogP) is 3.12. The van der Waals surface area contributed by atoms with Gasteiger partial charge in [-0.05, 0) is 57.2 Å². The average Bonchev–Trinajstić information content (AvgIpc) is 3.19. The van der Waals surface area contributed by atoms with Crippen LogP contribution >= 0.6 is 0 Å². The van der Waals surface area contributed by atoms with Crippen LogP contribution in [0, 0.1) is 12.8 Å². The number of amides is 1. The molecular formula is C21H29N5O. The monoisotopic (exact) mass is 367 g/mol. The van der Waals surface area contributed by atoms with Crippen molar-refractivity contribution >= 4 is 5.91 Å². The Morgan fingerprint density at radius 3 is 2.63 bits per heavy atom. The summed E-state index contributed by atoms with van der Waals surface area (Å²) >= 11 is 0. The van der Waals surface area contributed by atoms with Crippen molar-refractivity contribution in [2.24, 2.45) is 5.92 Å².